The van der Waals surface area contributed by atoms with E-state index in [1.54, 1.807) is 12.0 Å². The first kappa shape index (κ1) is 18.6. The van der Waals surface area contributed by atoms with Gasteiger partial charge in [-0.1, -0.05) is 18.2 Å². The number of halogens is 2. The molecule has 2 rings (SSSR count). The number of hydrogen-bond acceptors (Lipinski definition) is 3. The Morgan fingerprint density at radius 1 is 1.33 bits per heavy atom. The van der Waals surface area contributed by atoms with Crippen molar-refractivity contribution in [3.63, 3.8) is 0 Å². The predicted octanol–water partition coefficient (Wildman–Crippen LogP) is 3.02. The van der Waals surface area contributed by atoms with Gasteiger partial charge in [0.05, 0.1) is 19.2 Å². The molecule has 0 aromatic heterocycles. The molecule has 1 N–H and O–H groups in total. The number of amides is 1. The molecule has 1 amide bonds. The lowest BCUT2D eigenvalue weighted by Crippen LogP contribution is -2.47. The SMILES string of the molecule is COc1ccccc1C(C)(C)NC(=O)C1CCN(CC(F)F)CC1. The van der Waals surface area contributed by atoms with Gasteiger partial charge in [-0.15, -0.1) is 0 Å². The minimum atomic E-state index is -2.32. The van der Waals surface area contributed by atoms with E-state index in [1.807, 2.05) is 38.1 Å². The van der Waals surface area contributed by atoms with Crippen molar-refractivity contribution in [3.05, 3.63) is 29.8 Å². The average molecular weight is 340 g/mol. The van der Waals surface area contributed by atoms with Crippen LogP contribution in [0.5, 0.6) is 5.75 Å². The molecule has 1 heterocycles. The van der Waals surface area contributed by atoms with E-state index in [2.05, 4.69) is 5.32 Å². The Bertz CT molecular complexity index is 556. The Morgan fingerprint density at radius 3 is 2.54 bits per heavy atom. The Balaban J connectivity index is 1.96. The summed E-state index contributed by atoms with van der Waals surface area (Å²) in [4.78, 5) is 14.3. The molecule has 0 bridgehead atoms. The highest BCUT2D eigenvalue weighted by molar-refractivity contribution is 5.79. The van der Waals surface area contributed by atoms with E-state index in [1.165, 1.54) is 0 Å². The molecule has 0 unspecified atom stereocenters. The van der Waals surface area contributed by atoms with Gasteiger partial charge in [-0.3, -0.25) is 9.69 Å². The molecule has 1 aliphatic heterocycles. The summed E-state index contributed by atoms with van der Waals surface area (Å²) in [7, 11) is 1.61. The van der Waals surface area contributed by atoms with Crippen molar-refractivity contribution in [1.82, 2.24) is 10.2 Å². The Morgan fingerprint density at radius 2 is 1.96 bits per heavy atom. The third kappa shape index (κ3) is 4.66. The van der Waals surface area contributed by atoms with Crippen LogP contribution < -0.4 is 10.1 Å². The zero-order valence-electron chi connectivity index (χ0n) is 14.5. The molecule has 1 aromatic carbocycles. The van der Waals surface area contributed by atoms with Crippen LogP contribution in [0, 0.1) is 5.92 Å². The highest BCUT2D eigenvalue weighted by atomic mass is 19.3. The number of carbonyl (C=O) groups is 1. The van der Waals surface area contributed by atoms with Gasteiger partial charge in [0, 0.05) is 11.5 Å². The van der Waals surface area contributed by atoms with E-state index in [0.717, 1.165) is 11.3 Å². The summed E-state index contributed by atoms with van der Waals surface area (Å²) >= 11 is 0. The van der Waals surface area contributed by atoms with Crippen LogP contribution in [0.25, 0.3) is 0 Å². The second kappa shape index (κ2) is 7.92. The van der Waals surface area contributed by atoms with Gasteiger partial charge in [-0.05, 0) is 45.8 Å². The fraction of sp³-hybridized carbons (Fsp3) is 0.611. The lowest BCUT2D eigenvalue weighted by atomic mass is 9.90. The van der Waals surface area contributed by atoms with Crippen molar-refractivity contribution in [2.45, 2.75) is 38.7 Å². The molecule has 6 heteroatoms. The number of alkyl halides is 2. The Hall–Kier alpha value is -1.69. The standard InChI is InChI=1S/C18H26F2N2O2/c1-18(2,14-6-4-5-7-15(14)24-3)21-17(23)13-8-10-22(11-9-13)12-16(19)20/h4-7,13,16H,8-12H2,1-3H3,(H,21,23). The van der Waals surface area contributed by atoms with Gasteiger partial charge in [-0.2, -0.15) is 0 Å². The van der Waals surface area contributed by atoms with Crippen LogP contribution in [0.1, 0.15) is 32.3 Å². The number of methoxy groups -OCH3 is 1. The van der Waals surface area contributed by atoms with Gasteiger partial charge in [0.2, 0.25) is 5.91 Å². The summed E-state index contributed by atoms with van der Waals surface area (Å²) in [5.74, 6) is 0.574. The number of hydrogen-bond donors (Lipinski definition) is 1. The van der Waals surface area contributed by atoms with Gasteiger partial charge >= 0.3 is 0 Å². The minimum Gasteiger partial charge on any atom is -0.496 e. The molecule has 1 saturated heterocycles. The van der Waals surface area contributed by atoms with Gasteiger partial charge in [-0.25, -0.2) is 8.78 Å². The number of ether oxygens (including phenoxy) is 1. The molecule has 134 valence electrons. The molecule has 4 nitrogen and oxygen atoms in total. The van der Waals surface area contributed by atoms with E-state index in [9.17, 15) is 13.6 Å². The van der Waals surface area contributed by atoms with E-state index >= 15 is 0 Å². The van der Waals surface area contributed by atoms with Crippen LogP contribution >= 0.6 is 0 Å². The first-order valence-electron chi connectivity index (χ1n) is 8.29. The molecule has 1 aliphatic rings. The van der Waals surface area contributed by atoms with Crippen LogP contribution in [0.15, 0.2) is 24.3 Å². The van der Waals surface area contributed by atoms with E-state index < -0.39 is 12.0 Å². The number of para-hydroxylation sites is 1. The molecule has 0 saturated carbocycles. The fourth-order valence-electron chi connectivity index (χ4n) is 3.21. The van der Waals surface area contributed by atoms with E-state index in [4.69, 9.17) is 4.74 Å². The van der Waals surface area contributed by atoms with E-state index in [0.29, 0.717) is 25.9 Å². The van der Waals surface area contributed by atoms with Gasteiger partial charge in [0.25, 0.3) is 6.43 Å². The maximum atomic E-state index is 12.6. The molecular formula is C18H26F2N2O2. The normalized spacial score (nSPS) is 17.1. The first-order chi connectivity index (χ1) is 11.3. The minimum absolute atomic E-state index is 0.0254. The number of rotatable bonds is 6. The lowest BCUT2D eigenvalue weighted by molar-refractivity contribution is -0.128. The van der Waals surface area contributed by atoms with Gasteiger partial charge in [0.15, 0.2) is 0 Å². The smallest absolute Gasteiger partial charge is 0.251 e. The van der Waals surface area contributed by atoms with E-state index in [-0.39, 0.29) is 18.4 Å². The predicted molar refractivity (Wildman–Crippen MR) is 89.3 cm³/mol. The number of benzene rings is 1. The largest absolute Gasteiger partial charge is 0.496 e. The third-order valence-corrected chi connectivity index (χ3v) is 4.57. The number of likely N-dealkylation sites (tertiary alicyclic amines) is 1. The maximum Gasteiger partial charge on any atom is 0.251 e. The number of nitrogens with zero attached hydrogens (tertiary/aromatic N) is 1. The molecule has 0 spiro atoms. The summed E-state index contributed by atoms with van der Waals surface area (Å²) in [6, 6.07) is 7.60. The average Bonchev–Trinajstić information content (AvgIpc) is 2.54. The van der Waals surface area contributed by atoms with Crippen LogP contribution in [0.2, 0.25) is 0 Å². The van der Waals surface area contributed by atoms with Crippen molar-refractivity contribution >= 4 is 5.91 Å². The van der Waals surface area contributed by atoms with Crippen LogP contribution in [0.4, 0.5) is 8.78 Å². The monoisotopic (exact) mass is 340 g/mol. The van der Waals surface area contributed by atoms with Crippen LogP contribution in [-0.4, -0.2) is 44.0 Å². The maximum absolute atomic E-state index is 12.6. The molecular weight excluding hydrogens is 314 g/mol. The number of piperidine rings is 1. The summed E-state index contributed by atoms with van der Waals surface area (Å²) in [6.45, 7) is 4.75. The zero-order valence-corrected chi connectivity index (χ0v) is 14.5. The van der Waals surface area contributed by atoms with Crippen molar-refractivity contribution < 1.29 is 18.3 Å². The molecule has 0 aliphatic carbocycles. The third-order valence-electron chi connectivity index (χ3n) is 4.57. The van der Waals surface area contributed by atoms with Gasteiger partial charge in [0.1, 0.15) is 5.75 Å². The summed E-state index contributed by atoms with van der Waals surface area (Å²) in [5, 5.41) is 3.09. The van der Waals surface area contributed by atoms with Crippen molar-refractivity contribution in [3.8, 4) is 5.75 Å². The second-order valence-electron chi connectivity index (χ2n) is 6.78. The van der Waals surface area contributed by atoms with Crippen LogP contribution in [0.3, 0.4) is 0 Å². The van der Waals surface area contributed by atoms with Gasteiger partial charge < -0.3 is 10.1 Å². The number of nitrogens with one attached hydrogen (secondary N) is 1. The molecule has 1 aromatic rings. The molecule has 1 fully saturated rings. The highest BCUT2D eigenvalue weighted by Crippen LogP contribution is 2.30. The molecule has 0 atom stereocenters. The molecule has 0 radical (unpaired) electrons. The van der Waals surface area contributed by atoms with Crippen LogP contribution in [-0.2, 0) is 10.3 Å². The second-order valence-corrected chi connectivity index (χ2v) is 6.78. The van der Waals surface area contributed by atoms with Crippen molar-refractivity contribution in [1.29, 1.82) is 0 Å². The zero-order chi connectivity index (χ0) is 17.7. The highest BCUT2D eigenvalue weighted by Gasteiger charge is 2.31. The number of carbonyl (C=O) groups excluding carboxylic acids is 1. The summed E-state index contributed by atoms with van der Waals surface area (Å²) in [6.07, 6.45) is -1.10. The van der Waals surface area contributed by atoms with Crippen molar-refractivity contribution in [2.75, 3.05) is 26.7 Å². The molecule has 24 heavy (non-hydrogen) atoms. The topological polar surface area (TPSA) is 41.6 Å². The first-order valence-corrected chi connectivity index (χ1v) is 8.29. The summed E-state index contributed by atoms with van der Waals surface area (Å²) in [5.41, 5.74) is 0.347. The quantitative estimate of drug-likeness (QED) is 0.865. The Labute approximate surface area is 142 Å². The summed E-state index contributed by atoms with van der Waals surface area (Å²) < 4.78 is 30.2. The van der Waals surface area contributed by atoms with Crippen molar-refractivity contribution in [2.24, 2.45) is 5.92 Å². The lowest BCUT2D eigenvalue weighted by Gasteiger charge is -2.34. The fourth-order valence-corrected chi connectivity index (χ4v) is 3.21. The Kier molecular flexibility index (Phi) is 6.15.